The van der Waals surface area contributed by atoms with E-state index in [1.54, 1.807) is 0 Å². The minimum absolute atomic E-state index is 0.199. The van der Waals surface area contributed by atoms with Crippen molar-refractivity contribution in [3.8, 4) is 0 Å². The van der Waals surface area contributed by atoms with Crippen LogP contribution in [0.5, 0.6) is 0 Å². The molecule has 4 nitrogen and oxygen atoms in total. The Balaban J connectivity index is 2.33. The maximum absolute atomic E-state index is 11.4. The number of rotatable bonds is 1. The Hall–Kier alpha value is -0.770. The summed E-state index contributed by atoms with van der Waals surface area (Å²) in [4.78, 5) is 11.4. The Kier molecular flexibility index (Phi) is 3.37. The molecule has 0 saturated carbocycles. The standard InChI is InChI=1S/C10H20N2O2/c1-7-8(5-6-11-7)12-9(13)14-10(2,3)4/h7-8,11H,5-6H2,1-4H3,(H,12,13)/t7?,8-/m1/s1. The zero-order valence-electron chi connectivity index (χ0n) is 9.39. The molecule has 2 atom stereocenters. The molecule has 82 valence electrons. The van der Waals surface area contributed by atoms with Crippen molar-refractivity contribution in [2.24, 2.45) is 0 Å². The quantitative estimate of drug-likeness (QED) is 0.670. The lowest BCUT2D eigenvalue weighted by Crippen LogP contribution is -2.44. The molecule has 0 aliphatic carbocycles. The van der Waals surface area contributed by atoms with Gasteiger partial charge in [-0.25, -0.2) is 4.79 Å². The van der Waals surface area contributed by atoms with Crippen molar-refractivity contribution >= 4 is 6.09 Å². The Labute approximate surface area is 85.4 Å². The molecule has 0 radical (unpaired) electrons. The Bertz CT molecular complexity index is 211. The summed E-state index contributed by atoms with van der Waals surface area (Å²) in [5.74, 6) is 0. The van der Waals surface area contributed by atoms with E-state index in [1.165, 1.54) is 0 Å². The SMILES string of the molecule is CC1NCC[C@H]1NC(=O)OC(C)(C)C. The van der Waals surface area contributed by atoms with E-state index in [4.69, 9.17) is 4.74 Å². The molecule has 1 heterocycles. The minimum atomic E-state index is -0.417. The third-order valence-corrected chi connectivity index (χ3v) is 2.23. The maximum atomic E-state index is 11.4. The third kappa shape index (κ3) is 3.54. The molecule has 2 N–H and O–H groups in total. The van der Waals surface area contributed by atoms with Crippen LogP contribution in [0, 0.1) is 0 Å². The molecular formula is C10H20N2O2. The fraction of sp³-hybridized carbons (Fsp3) is 0.900. The number of hydrogen-bond donors (Lipinski definition) is 2. The van der Waals surface area contributed by atoms with Gasteiger partial charge in [0.15, 0.2) is 0 Å². The molecule has 0 bridgehead atoms. The summed E-state index contributed by atoms with van der Waals surface area (Å²) >= 11 is 0. The summed E-state index contributed by atoms with van der Waals surface area (Å²) in [6.07, 6.45) is 0.651. The molecule has 0 aromatic heterocycles. The normalized spacial score (nSPS) is 27.4. The number of hydrogen-bond acceptors (Lipinski definition) is 3. The van der Waals surface area contributed by atoms with E-state index in [0.29, 0.717) is 6.04 Å². The molecule has 1 fully saturated rings. The van der Waals surface area contributed by atoms with Crippen LogP contribution < -0.4 is 10.6 Å². The van der Waals surface area contributed by atoms with Gasteiger partial charge in [-0.1, -0.05) is 0 Å². The molecule has 1 amide bonds. The number of carbonyl (C=O) groups excluding carboxylic acids is 1. The molecule has 14 heavy (non-hydrogen) atoms. The zero-order valence-corrected chi connectivity index (χ0v) is 9.39. The molecule has 0 aromatic rings. The lowest BCUT2D eigenvalue weighted by molar-refractivity contribution is 0.0501. The highest BCUT2D eigenvalue weighted by molar-refractivity contribution is 5.68. The van der Waals surface area contributed by atoms with Crippen LogP contribution in [0.1, 0.15) is 34.1 Å². The highest BCUT2D eigenvalue weighted by Crippen LogP contribution is 2.10. The average Bonchev–Trinajstić information content (AvgIpc) is 2.32. The van der Waals surface area contributed by atoms with Gasteiger partial charge in [0.05, 0.1) is 0 Å². The van der Waals surface area contributed by atoms with Crippen LogP contribution in [0.3, 0.4) is 0 Å². The number of amides is 1. The molecular weight excluding hydrogens is 180 g/mol. The van der Waals surface area contributed by atoms with Crippen molar-refractivity contribution in [1.82, 2.24) is 10.6 Å². The van der Waals surface area contributed by atoms with Gasteiger partial charge in [0.2, 0.25) is 0 Å². The number of ether oxygens (including phenoxy) is 1. The first-order chi connectivity index (χ1) is 6.38. The van der Waals surface area contributed by atoms with E-state index >= 15 is 0 Å². The van der Waals surface area contributed by atoms with Crippen molar-refractivity contribution < 1.29 is 9.53 Å². The van der Waals surface area contributed by atoms with Crippen molar-refractivity contribution in [3.05, 3.63) is 0 Å². The predicted octanol–water partition coefficient (Wildman–Crippen LogP) is 1.26. The van der Waals surface area contributed by atoms with Crippen LogP contribution in [-0.2, 0) is 4.74 Å². The van der Waals surface area contributed by atoms with E-state index in [1.807, 2.05) is 20.8 Å². The number of nitrogens with one attached hydrogen (secondary N) is 2. The second kappa shape index (κ2) is 4.17. The van der Waals surface area contributed by atoms with Crippen LogP contribution in [0.4, 0.5) is 4.79 Å². The summed E-state index contributed by atoms with van der Waals surface area (Å²) in [6, 6.07) is 0.535. The Morgan fingerprint density at radius 2 is 2.14 bits per heavy atom. The summed E-state index contributed by atoms with van der Waals surface area (Å²) in [5, 5.41) is 6.13. The molecule has 1 aliphatic rings. The van der Waals surface area contributed by atoms with Gasteiger partial charge >= 0.3 is 6.09 Å². The van der Waals surface area contributed by atoms with E-state index in [2.05, 4.69) is 17.6 Å². The van der Waals surface area contributed by atoms with Gasteiger partial charge in [-0.2, -0.15) is 0 Å². The number of alkyl carbamates (subject to hydrolysis) is 1. The van der Waals surface area contributed by atoms with Gasteiger partial charge in [0.1, 0.15) is 5.60 Å². The average molecular weight is 200 g/mol. The van der Waals surface area contributed by atoms with Crippen LogP contribution in [0.15, 0.2) is 0 Å². The van der Waals surface area contributed by atoms with Crippen LogP contribution >= 0.6 is 0 Å². The molecule has 1 rings (SSSR count). The van der Waals surface area contributed by atoms with Gasteiger partial charge in [0.25, 0.3) is 0 Å². The highest BCUT2D eigenvalue weighted by atomic mass is 16.6. The maximum Gasteiger partial charge on any atom is 0.407 e. The lowest BCUT2D eigenvalue weighted by atomic mass is 10.1. The van der Waals surface area contributed by atoms with E-state index < -0.39 is 5.60 Å². The van der Waals surface area contributed by atoms with Gasteiger partial charge in [-0.05, 0) is 40.7 Å². The highest BCUT2D eigenvalue weighted by Gasteiger charge is 2.26. The molecule has 1 aliphatic heterocycles. The first kappa shape index (κ1) is 11.3. The van der Waals surface area contributed by atoms with Crippen LogP contribution in [0.2, 0.25) is 0 Å². The molecule has 4 heteroatoms. The van der Waals surface area contributed by atoms with Crippen molar-refractivity contribution in [2.75, 3.05) is 6.54 Å². The van der Waals surface area contributed by atoms with Crippen LogP contribution in [0.25, 0.3) is 0 Å². The van der Waals surface area contributed by atoms with Crippen molar-refractivity contribution in [2.45, 2.75) is 51.8 Å². The fourth-order valence-electron chi connectivity index (χ4n) is 1.51. The molecule has 0 spiro atoms. The smallest absolute Gasteiger partial charge is 0.407 e. The minimum Gasteiger partial charge on any atom is -0.444 e. The molecule has 1 unspecified atom stereocenters. The first-order valence-corrected chi connectivity index (χ1v) is 5.11. The van der Waals surface area contributed by atoms with E-state index in [9.17, 15) is 4.79 Å². The summed E-state index contributed by atoms with van der Waals surface area (Å²) < 4.78 is 5.17. The Morgan fingerprint density at radius 1 is 1.50 bits per heavy atom. The second-order valence-corrected chi connectivity index (χ2v) is 4.78. The Morgan fingerprint density at radius 3 is 2.57 bits per heavy atom. The largest absolute Gasteiger partial charge is 0.444 e. The topological polar surface area (TPSA) is 50.4 Å². The summed E-state index contributed by atoms with van der Waals surface area (Å²) in [6.45, 7) is 8.62. The van der Waals surface area contributed by atoms with E-state index in [-0.39, 0.29) is 12.1 Å². The second-order valence-electron chi connectivity index (χ2n) is 4.78. The monoisotopic (exact) mass is 200 g/mol. The van der Waals surface area contributed by atoms with Gasteiger partial charge < -0.3 is 15.4 Å². The fourth-order valence-corrected chi connectivity index (χ4v) is 1.51. The summed E-state index contributed by atoms with van der Waals surface area (Å²) in [5.41, 5.74) is -0.417. The first-order valence-electron chi connectivity index (χ1n) is 5.11. The van der Waals surface area contributed by atoms with E-state index in [0.717, 1.165) is 13.0 Å². The summed E-state index contributed by atoms with van der Waals surface area (Å²) in [7, 11) is 0. The van der Waals surface area contributed by atoms with Crippen LogP contribution in [-0.4, -0.2) is 30.3 Å². The van der Waals surface area contributed by atoms with Crippen molar-refractivity contribution in [3.63, 3.8) is 0 Å². The zero-order chi connectivity index (χ0) is 10.8. The third-order valence-electron chi connectivity index (χ3n) is 2.23. The van der Waals surface area contributed by atoms with Crippen molar-refractivity contribution in [1.29, 1.82) is 0 Å². The predicted molar refractivity (Wildman–Crippen MR) is 55.2 cm³/mol. The lowest BCUT2D eigenvalue weighted by Gasteiger charge is -2.23. The van der Waals surface area contributed by atoms with Gasteiger partial charge in [-0.3, -0.25) is 0 Å². The van der Waals surface area contributed by atoms with Gasteiger partial charge in [0, 0.05) is 12.1 Å². The number of carbonyl (C=O) groups is 1. The van der Waals surface area contributed by atoms with Gasteiger partial charge in [-0.15, -0.1) is 0 Å². The molecule has 0 aromatic carbocycles. The molecule has 1 saturated heterocycles.